The van der Waals surface area contributed by atoms with Crippen LogP contribution in [0.2, 0.25) is 0 Å². The number of aliphatic carboxylic acids is 1. The molecule has 1 fully saturated rings. The van der Waals surface area contributed by atoms with Crippen molar-refractivity contribution >= 4 is 17.9 Å². The first kappa shape index (κ1) is 31.3. The SMILES string of the molecule is CCCCCc1ccccc1CC(/C=C/C=C/[C@H]1CCCC[C@H]1C(CCCC(=O)O)OC(C)=O)OC(C)=O. The lowest BCUT2D eigenvalue weighted by molar-refractivity contribution is -0.151. The van der Waals surface area contributed by atoms with E-state index in [0.29, 0.717) is 19.3 Å². The minimum atomic E-state index is -0.831. The van der Waals surface area contributed by atoms with Gasteiger partial charge in [0.1, 0.15) is 12.2 Å². The molecule has 0 bridgehead atoms. The summed E-state index contributed by atoms with van der Waals surface area (Å²) in [5.74, 6) is -1.04. The monoisotopic (exact) mass is 526 g/mol. The second-order valence-electron chi connectivity index (χ2n) is 10.4. The maximum Gasteiger partial charge on any atom is 0.303 e. The Morgan fingerprint density at radius 2 is 1.68 bits per heavy atom. The summed E-state index contributed by atoms with van der Waals surface area (Å²) >= 11 is 0. The van der Waals surface area contributed by atoms with Gasteiger partial charge in [-0.25, -0.2) is 0 Å². The number of hydrogen-bond donors (Lipinski definition) is 1. The summed E-state index contributed by atoms with van der Waals surface area (Å²) in [4.78, 5) is 34.5. The molecule has 1 aromatic carbocycles. The van der Waals surface area contributed by atoms with Gasteiger partial charge >= 0.3 is 17.9 Å². The quantitative estimate of drug-likeness (QED) is 0.142. The lowest BCUT2D eigenvalue weighted by atomic mass is 9.75. The Morgan fingerprint density at radius 1 is 0.974 bits per heavy atom. The molecule has 0 radical (unpaired) electrons. The second kappa shape index (κ2) is 17.6. The van der Waals surface area contributed by atoms with Crippen molar-refractivity contribution in [1.82, 2.24) is 0 Å². The van der Waals surface area contributed by atoms with Gasteiger partial charge in [0.25, 0.3) is 0 Å². The fourth-order valence-corrected chi connectivity index (χ4v) is 5.46. The van der Waals surface area contributed by atoms with Gasteiger partial charge in [-0.3, -0.25) is 14.4 Å². The fraction of sp³-hybridized carbons (Fsp3) is 0.594. The molecular weight excluding hydrogens is 480 g/mol. The van der Waals surface area contributed by atoms with Gasteiger partial charge in [-0.15, -0.1) is 0 Å². The van der Waals surface area contributed by atoms with Crippen molar-refractivity contribution in [1.29, 1.82) is 0 Å². The van der Waals surface area contributed by atoms with Crippen LogP contribution >= 0.6 is 0 Å². The summed E-state index contributed by atoms with van der Waals surface area (Å²) in [6.07, 6.45) is 17.9. The number of unbranched alkanes of at least 4 members (excludes halogenated alkanes) is 2. The van der Waals surface area contributed by atoms with Gasteiger partial charge in [0.05, 0.1) is 0 Å². The first-order chi connectivity index (χ1) is 18.3. The third-order valence-corrected chi connectivity index (χ3v) is 7.25. The number of carboxylic acid groups (broad SMARTS) is 1. The molecule has 0 amide bonds. The molecule has 38 heavy (non-hydrogen) atoms. The Bertz CT molecular complexity index is 934. The van der Waals surface area contributed by atoms with E-state index >= 15 is 0 Å². The molecule has 0 aromatic heterocycles. The minimum absolute atomic E-state index is 0.0764. The van der Waals surface area contributed by atoms with E-state index in [0.717, 1.165) is 38.5 Å². The van der Waals surface area contributed by atoms with Crippen LogP contribution in [-0.4, -0.2) is 35.2 Å². The topological polar surface area (TPSA) is 89.9 Å². The van der Waals surface area contributed by atoms with Gasteiger partial charge in [-0.1, -0.05) is 75.1 Å². The third kappa shape index (κ3) is 12.1. The largest absolute Gasteiger partial charge is 0.481 e. The highest BCUT2D eigenvalue weighted by molar-refractivity contribution is 5.67. The van der Waals surface area contributed by atoms with E-state index in [2.05, 4.69) is 31.2 Å². The second-order valence-corrected chi connectivity index (χ2v) is 10.4. The van der Waals surface area contributed by atoms with Crippen molar-refractivity contribution in [2.24, 2.45) is 11.8 Å². The van der Waals surface area contributed by atoms with Crippen molar-refractivity contribution in [3.8, 4) is 0 Å². The lowest BCUT2D eigenvalue weighted by Gasteiger charge is -2.35. The molecule has 0 spiro atoms. The standard InChI is InChI=1S/C32H46O6/c1-4-5-6-14-26-15-7-8-18-28(26)23-29(37-24(2)33)19-11-9-16-27-17-10-12-20-30(27)31(38-25(3)34)21-13-22-32(35)36/h7-9,11,15-16,18-19,27,29-31H,4-6,10,12-14,17,20-23H2,1-3H3,(H,35,36)/b16-9+,19-11+/t27-,29?,30+,31?/m0/s1. The number of hydrogen-bond acceptors (Lipinski definition) is 5. The normalized spacial score (nSPS) is 19.3. The van der Waals surface area contributed by atoms with Crippen LogP contribution in [0, 0.1) is 11.8 Å². The third-order valence-electron chi connectivity index (χ3n) is 7.25. The Hall–Kier alpha value is -2.89. The number of carboxylic acids is 1. The highest BCUT2D eigenvalue weighted by atomic mass is 16.5. The molecule has 4 atom stereocenters. The van der Waals surface area contributed by atoms with E-state index in [-0.39, 0.29) is 42.4 Å². The summed E-state index contributed by atoms with van der Waals surface area (Å²) in [5, 5.41) is 9.01. The molecule has 1 N–H and O–H groups in total. The van der Waals surface area contributed by atoms with E-state index in [1.807, 2.05) is 24.3 Å². The Balaban J connectivity index is 2.09. The number of allylic oxidation sites excluding steroid dienone is 3. The van der Waals surface area contributed by atoms with E-state index in [4.69, 9.17) is 14.6 Å². The van der Waals surface area contributed by atoms with E-state index in [1.54, 1.807) is 0 Å². The molecule has 210 valence electrons. The molecular formula is C32H46O6. The zero-order valence-electron chi connectivity index (χ0n) is 23.4. The lowest BCUT2D eigenvalue weighted by Crippen LogP contribution is -2.33. The highest BCUT2D eigenvalue weighted by Crippen LogP contribution is 2.36. The van der Waals surface area contributed by atoms with Crippen LogP contribution < -0.4 is 0 Å². The first-order valence-electron chi connectivity index (χ1n) is 14.3. The molecule has 6 nitrogen and oxygen atoms in total. The summed E-state index contributed by atoms with van der Waals surface area (Å²) in [6.45, 7) is 5.06. The zero-order valence-corrected chi connectivity index (χ0v) is 23.4. The number of carbonyl (C=O) groups is 3. The zero-order chi connectivity index (χ0) is 27.8. The summed E-state index contributed by atoms with van der Waals surface area (Å²) in [5.41, 5.74) is 2.52. The highest BCUT2D eigenvalue weighted by Gasteiger charge is 2.32. The van der Waals surface area contributed by atoms with Gasteiger partial charge in [0, 0.05) is 32.6 Å². The average molecular weight is 527 g/mol. The van der Waals surface area contributed by atoms with Crippen LogP contribution in [0.3, 0.4) is 0 Å². The van der Waals surface area contributed by atoms with E-state index < -0.39 is 5.97 Å². The molecule has 1 aliphatic carbocycles. The Labute approximate surface area is 228 Å². The van der Waals surface area contributed by atoms with Crippen molar-refractivity contribution in [3.05, 3.63) is 59.7 Å². The van der Waals surface area contributed by atoms with E-state index in [1.165, 1.54) is 37.8 Å². The first-order valence-corrected chi connectivity index (χ1v) is 14.3. The molecule has 0 heterocycles. The van der Waals surface area contributed by atoms with Crippen molar-refractivity contribution < 1.29 is 29.0 Å². The molecule has 0 aliphatic heterocycles. The summed E-state index contributed by atoms with van der Waals surface area (Å²) in [6, 6.07) is 8.38. The molecule has 6 heteroatoms. The fourth-order valence-electron chi connectivity index (χ4n) is 5.46. The number of aryl methyl sites for hydroxylation is 1. The number of ether oxygens (including phenoxy) is 2. The average Bonchev–Trinajstić information content (AvgIpc) is 2.86. The van der Waals surface area contributed by atoms with Gasteiger partial charge in [-0.2, -0.15) is 0 Å². The van der Waals surface area contributed by atoms with Crippen LogP contribution in [0.1, 0.15) is 96.1 Å². The summed E-state index contributed by atoms with van der Waals surface area (Å²) in [7, 11) is 0. The van der Waals surface area contributed by atoms with Crippen LogP contribution in [0.25, 0.3) is 0 Å². The van der Waals surface area contributed by atoms with Crippen molar-refractivity contribution in [2.75, 3.05) is 0 Å². The van der Waals surface area contributed by atoms with E-state index in [9.17, 15) is 14.4 Å². The molecule has 2 unspecified atom stereocenters. The Kier molecular flexibility index (Phi) is 14.5. The summed E-state index contributed by atoms with van der Waals surface area (Å²) < 4.78 is 11.3. The van der Waals surface area contributed by atoms with Crippen LogP contribution in [-0.2, 0) is 36.7 Å². The maximum absolute atomic E-state index is 11.8. The molecule has 0 saturated heterocycles. The Morgan fingerprint density at radius 3 is 2.37 bits per heavy atom. The number of carbonyl (C=O) groups excluding carboxylic acids is 2. The van der Waals surface area contributed by atoms with Gasteiger partial charge in [-0.05, 0) is 61.6 Å². The van der Waals surface area contributed by atoms with Gasteiger partial charge < -0.3 is 14.6 Å². The number of rotatable bonds is 16. The molecule has 2 rings (SSSR count). The van der Waals surface area contributed by atoms with Gasteiger partial charge in [0.15, 0.2) is 0 Å². The number of esters is 2. The molecule has 1 saturated carbocycles. The maximum atomic E-state index is 11.8. The van der Waals surface area contributed by atoms with Crippen molar-refractivity contribution in [2.45, 2.75) is 110 Å². The smallest absolute Gasteiger partial charge is 0.303 e. The predicted molar refractivity (Wildman–Crippen MR) is 150 cm³/mol. The van der Waals surface area contributed by atoms with Crippen LogP contribution in [0.4, 0.5) is 0 Å². The predicted octanol–water partition coefficient (Wildman–Crippen LogP) is 7.00. The van der Waals surface area contributed by atoms with Crippen molar-refractivity contribution in [3.63, 3.8) is 0 Å². The van der Waals surface area contributed by atoms with Crippen LogP contribution in [0.15, 0.2) is 48.6 Å². The van der Waals surface area contributed by atoms with Gasteiger partial charge in [0.2, 0.25) is 0 Å². The van der Waals surface area contributed by atoms with Crippen LogP contribution in [0.5, 0.6) is 0 Å². The number of benzene rings is 1. The molecule has 1 aromatic rings. The molecule has 1 aliphatic rings. The minimum Gasteiger partial charge on any atom is -0.481 e.